The van der Waals surface area contributed by atoms with Gasteiger partial charge < -0.3 is 0 Å². The Balaban J connectivity index is 2.69. The molecule has 1 nitrogen and oxygen atoms in total. The van der Waals surface area contributed by atoms with E-state index in [1.807, 2.05) is 0 Å². The molecule has 0 rings (SSSR count). The first-order valence-electron chi connectivity index (χ1n) is 3.56. The zero-order valence-electron chi connectivity index (χ0n) is 6.06. The van der Waals surface area contributed by atoms with Crippen LogP contribution < -0.4 is 0 Å². The molecule has 9 heavy (non-hydrogen) atoms. The van der Waals surface area contributed by atoms with Crippen LogP contribution in [0, 0.1) is 17.8 Å². The highest BCUT2D eigenvalue weighted by Gasteiger charge is 1.85. The third kappa shape index (κ3) is 7.49. The van der Waals surface area contributed by atoms with E-state index in [0.29, 0.717) is 0 Å². The molecule has 0 fully saturated rings. The zero-order chi connectivity index (χ0) is 6.95. The minimum absolute atomic E-state index is 0.726. The average molecular weight is 124 g/mol. The van der Waals surface area contributed by atoms with E-state index in [1.54, 1.807) is 0 Å². The van der Waals surface area contributed by atoms with Crippen LogP contribution in [0.5, 0.6) is 0 Å². The number of hydrogen-bond donors (Lipinski definition) is 0. The molecule has 0 aliphatic rings. The van der Waals surface area contributed by atoms with Crippen LogP contribution in [0.1, 0.15) is 39.0 Å². The van der Waals surface area contributed by atoms with Gasteiger partial charge in [-0.05, 0) is 12.8 Å². The summed E-state index contributed by atoms with van der Waals surface area (Å²) in [6.45, 7) is 2.07. The Hall–Kier alpha value is -0.510. The number of nitriles is 1. The van der Waals surface area contributed by atoms with Crippen molar-refractivity contribution in [3.63, 3.8) is 0 Å². The maximum atomic E-state index is 8.16. The number of hydrogen-bond acceptors (Lipinski definition) is 1. The van der Waals surface area contributed by atoms with E-state index < -0.39 is 0 Å². The molecule has 0 aromatic heterocycles. The molecule has 0 saturated carbocycles. The molecule has 0 unspecified atom stereocenters. The van der Waals surface area contributed by atoms with E-state index in [-0.39, 0.29) is 0 Å². The lowest BCUT2D eigenvalue weighted by molar-refractivity contribution is 0.685. The Morgan fingerprint density at radius 1 is 1.33 bits per heavy atom. The summed E-state index contributed by atoms with van der Waals surface area (Å²) >= 11 is 0. The smallest absolute Gasteiger partial charge is 0.0621 e. The van der Waals surface area contributed by atoms with Gasteiger partial charge in [-0.1, -0.05) is 26.2 Å². The van der Waals surface area contributed by atoms with E-state index in [2.05, 4.69) is 19.4 Å². The minimum atomic E-state index is 0.726. The topological polar surface area (TPSA) is 23.8 Å². The molecule has 0 atom stereocenters. The maximum Gasteiger partial charge on any atom is 0.0621 e. The fourth-order valence-corrected chi connectivity index (χ4v) is 0.729. The van der Waals surface area contributed by atoms with Crippen LogP contribution in [0.25, 0.3) is 0 Å². The van der Waals surface area contributed by atoms with Crippen molar-refractivity contribution < 1.29 is 0 Å². The van der Waals surface area contributed by atoms with Crippen LogP contribution in [0.3, 0.4) is 0 Å². The molecule has 0 heterocycles. The molecular weight excluding hydrogens is 110 g/mol. The summed E-state index contributed by atoms with van der Waals surface area (Å²) in [6.07, 6.45) is 7.63. The molecular formula is C8H14N. The summed E-state index contributed by atoms with van der Waals surface area (Å²) in [5.74, 6) is 0. The summed E-state index contributed by atoms with van der Waals surface area (Å²) < 4.78 is 0. The lowest BCUT2D eigenvalue weighted by Crippen LogP contribution is -1.75. The van der Waals surface area contributed by atoms with E-state index in [9.17, 15) is 0 Å². The monoisotopic (exact) mass is 124 g/mol. The molecule has 0 spiro atoms. The standard InChI is InChI=1S/C8H14N/c1-2-3-4-5-6-7-8-9/h2H,3-7H2,1H3. The lowest BCUT2D eigenvalue weighted by atomic mass is 10.1. The molecule has 51 valence electrons. The Kier molecular flexibility index (Phi) is 7.07. The second kappa shape index (κ2) is 7.49. The van der Waals surface area contributed by atoms with Crippen LogP contribution in [0.4, 0.5) is 0 Å². The van der Waals surface area contributed by atoms with Gasteiger partial charge in [0.1, 0.15) is 0 Å². The van der Waals surface area contributed by atoms with E-state index in [1.165, 1.54) is 19.3 Å². The van der Waals surface area contributed by atoms with Crippen LogP contribution in [-0.2, 0) is 0 Å². The molecule has 0 aliphatic carbocycles. The highest BCUT2D eigenvalue weighted by atomic mass is 14.2. The Bertz CT molecular complexity index is 81.1. The molecule has 0 aromatic rings. The second-order valence-corrected chi connectivity index (χ2v) is 2.17. The van der Waals surface area contributed by atoms with Gasteiger partial charge in [0.25, 0.3) is 0 Å². The van der Waals surface area contributed by atoms with Crippen LogP contribution >= 0.6 is 0 Å². The van der Waals surface area contributed by atoms with Gasteiger partial charge in [0.2, 0.25) is 0 Å². The van der Waals surface area contributed by atoms with Gasteiger partial charge in [-0.25, -0.2) is 0 Å². The van der Waals surface area contributed by atoms with Crippen molar-refractivity contribution >= 4 is 0 Å². The first-order chi connectivity index (χ1) is 4.41. The first kappa shape index (κ1) is 8.49. The van der Waals surface area contributed by atoms with Crippen molar-refractivity contribution in [3.05, 3.63) is 6.42 Å². The summed E-state index contributed by atoms with van der Waals surface area (Å²) in [7, 11) is 0. The number of unbranched alkanes of at least 4 members (excludes halogenated alkanes) is 5. The van der Waals surface area contributed by atoms with Crippen molar-refractivity contribution in [2.24, 2.45) is 0 Å². The minimum Gasteiger partial charge on any atom is -0.198 e. The predicted molar refractivity (Wildman–Crippen MR) is 38.7 cm³/mol. The Morgan fingerprint density at radius 3 is 2.67 bits per heavy atom. The van der Waals surface area contributed by atoms with Crippen molar-refractivity contribution in [2.75, 3.05) is 0 Å². The molecule has 0 amide bonds. The van der Waals surface area contributed by atoms with Crippen molar-refractivity contribution in [1.82, 2.24) is 0 Å². The van der Waals surface area contributed by atoms with Crippen LogP contribution in [-0.4, -0.2) is 0 Å². The van der Waals surface area contributed by atoms with Gasteiger partial charge in [-0.2, -0.15) is 5.26 Å². The first-order valence-corrected chi connectivity index (χ1v) is 3.56. The molecule has 1 heteroatoms. The van der Waals surface area contributed by atoms with Gasteiger partial charge in [0.15, 0.2) is 0 Å². The highest BCUT2D eigenvalue weighted by Crippen LogP contribution is 2.02. The second-order valence-electron chi connectivity index (χ2n) is 2.17. The molecule has 1 radical (unpaired) electrons. The molecule has 0 aromatic carbocycles. The van der Waals surface area contributed by atoms with Crippen molar-refractivity contribution in [2.45, 2.75) is 39.0 Å². The number of nitrogens with zero attached hydrogens (tertiary/aromatic N) is 1. The molecule has 0 N–H and O–H groups in total. The third-order valence-corrected chi connectivity index (χ3v) is 1.28. The summed E-state index contributed by atoms with van der Waals surface area (Å²) in [5.41, 5.74) is 0. The molecule has 0 bridgehead atoms. The Morgan fingerprint density at radius 2 is 2.11 bits per heavy atom. The van der Waals surface area contributed by atoms with Gasteiger partial charge in [0.05, 0.1) is 6.07 Å². The van der Waals surface area contributed by atoms with E-state index in [4.69, 9.17) is 5.26 Å². The van der Waals surface area contributed by atoms with E-state index in [0.717, 1.165) is 12.8 Å². The normalized spacial score (nSPS) is 8.89. The number of rotatable bonds is 5. The van der Waals surface area contributed by atoms with Crippen molar-refractivity contribution in [1.29, 1.82) is 5.26 Å². The zero-order valence-corrected chi connectivity index (χ0v) is 6.06. The average Bonchev–Trinajstić information content (AvgIpc) is 1.89. The maximum absolute atomic E-state index is 8.16. The molecule has 0 aliphatic heterocycles. The van der Waals surface area contributed by atoms with Gasteiger partial charge in [-0.15, -0.1) is 0 Å². The third-order valence-electron chi connectivity index (χ3n) is 1.28. The fraction of sp³-hybridized carbons (Fsp3) is 0.750. The van der Waals surface area contributed by atoms with E-state index >= 15 is 0 Å². The SMILES string of the molecule is C[CH]CCCCCC#N. The van der Waals surface area contributed by atoms with Gasteiger partial charge in [-0.3, -0.25) is 0 Å². The summed E-state index contributed by atoms with van der Waals surface area (Å²) in [5, 5.41) is 8.16. The Labute approximate surface area is 57.7 Å². The predicted octanol–water partition coefficient (Wildman–Crippen LogP) is 2.68. The lowest BCUT2D eigenvalue weighted by Gasteiger charge is -1.92. The fourth-order valence-electron chi connectivity index (χ4n) is 0.729. The van der Waals surface area contributed by atoms with Crippen LogP contribution in [0.2, 0.25) is 0 Å². The van der Waals surface area contributed by atoms with Gasteiger partial charge in [0, 0.05) is 6.42 Å². The quantitative estimate of drug-likeness (QED) is 0.517. The van der Waals surface area contributed by atoms with Crippen molar-refractivity contribution in [3.8, 4) is 6.07 Å². The largest absolute Gasteiger partial charge is 0.198 e. The highest BCUT2D eigenvalue weighted by molar-refractivity contribution is 4.68. The molecule has 0 saturated heterocycles. The van der Waals surface area contributed by atoms with Gasteiger partial charge >= 0.3 is 0 Å². The summed E-state index contributed by atoms with van der Waals surface area (Å²) in [6, 6.07) is 2.13. The van der Waals surface area contributed by atoms with Crippen LogP contribution in [0.15, 0.2) is 0 Å². The summed E-state index contributed by atoms with van der Waals surface area (Å²) in [4.78, 5) is 0.